The Morgan fingerprint density at radius 1 is 1.56 bits per heavy atom. The minimum atomic E-state index is -0.242. The van der Waals surface area contributed by atoms with Gasteiger partial charge < -0.3 is 5.73 Å². The maximum atomic E-state index is 5.52. The molecule has 0 fully saturated rings. The van der Waals surface area contributed by atoms with Crippen molar-refractivity contribution in [2.45, 2.75) is 26.4 Å². The molecule has 1 aromatic heterocycles. The summed E-state index contributed by atoms with van der Waals surface area (Å²) in [5, 5.41) is 6.06. The molecule has 0 saturated carbocycles. The van der Waals surface area contributed by atoms with E-state index >= 15 is 0 Å². The molecule has 0 radical (unpaired) electrons. The summed E-state index contributed by atoms with van der Waals surface area (Å²) in [6.07, 6.45) is 5.50. The third-order valence-electron chi connectivity index (χ3n) is 2.35. The molecule has 2 N–H and O–H groups in total. The van der Waals surface area contributed by atoms with Gasteiger partial charge in [0.05, 0.1) is 11.9 Å². The number of hydrazone groups is 1. The molecule has 18 heavy (non-hydrogen) atoms. The zero-order valence-corrected chi connectivity index (χ0v) is 10.5. The average molecular weight is 244 g/mol. The van der Waals surface area contributed by atoms with Crippen molar-refractivity contribution in [2.75, 3.05) is 5.01 Å². The van der Waals surface area contributed by atoms with E-state index in [0.29, 0.717) is 6.42 Å². The van der Waals surface area contributed by atoms with Crippen molar-refractivity contribution in [1.82, 2.24) is 4.98 Å². The van der Waals surface area contributed by atoms with Crippen LogP contribution in [0.25, 0.3) is 0 Å². The van der Waals surface area contributed by atoms with E-state index in [1.807, 2.05) is 25.3 Å². The molecule has 1 unspecified atom stereocenters. The van der Waals surface area contributed by atoms with Gasteiger partial charge in [0.2, 0.25) is 0 Å². The average Bonchev–Trinajstić information content (AvgIpc) is 2.77. The Kier molecular flexibility index (Phi) is 3.78. The highest BCUT2D eigenvalue weighted by Gasteiger charge is 2.16. The summed E-state index contributed by atoms with van der Waals surface area (Å²) < 4.78 is 0. The van der Waals surface area contributed by atoms with Crippen molar-refractivity contribution in [2.24, 2.45) is 20.8 Å². The third-order valence-corrected chi connectivity index (χ3v) is 2.35. The van der Waals surface area contributed by atoms with Crippen molar-refractivity contribution < 1.29 is 0 Å². The Hall–Kier alpha value is -2.08. The number of nitrogens with zero attached hydrogens (tertiary/aromatic N) is 5. The fraction of sp³-hybridized carbons (Fsp3) is 0.333. The number of hydrogen-bond donors (Lipinski definition) is 1. The predicted octanol–water partition coefficient (Wildman–Crippen LogP) is 1.32. The van der Waals surface area contributed by atoms with Crippen molar-refractivity contribution in [3.05, 3.63) is 24.0 Å². The van der Waals surface area contributed by atoms with Gasteiger partial charge in [-0.1, -0.05) is 0 Å². The number of aromatic nitrogens is 1. The number of rotatable bonds is 3. The lowest BCUT2D eigenvalue weighted by molar-refractivity contribution is 0.795. The van der Waals surface area contributed by atoms with E-state index in [1.165, 1.54) is 6.34 Å². The Labute approximate surface area is 106 Å². The molecule has 1 aliphatic rings. The summed E-state index contributed by atoms with van der Waals surface area (Å²) in [5.41, 5.74) is 7.41. The first-order valence-electron chi connectivity index (χ1n) is 5.76. The van der Waals surface area contributed by atoms with E-state index < -0.39 is 0 Å². The third kappa shape index (κ3) is 2.98. The predicted molar refractivity (Wildman–Crippen MR) is 74.1 cm³/mol. The van der Waals surface area contributed by atoms with Crippen LogP contribution in [-0.2, 0) is 0 Å². The molecule has 2 rings (SSSR count). The lowest BCUT2D eigenvalue weighted by atomic mass is 10.3. The molecule has 94 valence electrons. The first-order chi connectivity index (χ1) is 8.66. The first-order valence-corrected chi connectivity index (χ1v) is 5.76. The highest BCUT2D eigenvalue weighted by molar-refractivity contribution is 6.11. The van der Waals surface area contributed by atoms with E-state index in [-0.39, 0.29) is 6.17 Å². The van der Waals surface area contributed by atoms with E-state index in [1.54, 1.807) is 18.1 Å². The van der Waals surface area contributed by atoms with Crippen molar-refractivity contribution in [3.8, 4) is 0 Å². The van der Waals surface area contributed by atoms with E-state index in [4.69, 9.17) is 5.73 Å². The maximum absolute atomic E-state index is 5.52. The smallest absolute Gasteiger partial charge is 0.137 e. The minimum absolute atomic E-state index is 0.242. The summed E-state index contributed by atoms with van der Waals surface area (Å²) >= 11 is 0. The lowest BCUT2D eigenvalue weighted by Gasteiger charge is -2.14. The van der Waals surface area contributed by atoms with Crippen LogP contribution in [0, 0.1) is 6.92 Å². The number of hydrogen-bond acceptors (Lipinski definition) is 4. The highest BCUT2D eigenvalue weighted by Crippen LogP contribution is 2.19. The molecule has 0 saturated heterocycles. The van der Waals surface area contributed by atoms with Gasteiger partial charge in [0.1, 0.15) is 12.2 Å². The van der Waals surface area contributed by atoms with Crippen LogP contribution in [0.1, 0.15) is 19.0 Å². The molecule has 6 heteroatoms. The molecular weight excluding hydrogens is 228 g/mol. The molecule has 1 aliphatic heterocycles. The van der Waals surface area contributed by atoms with Gasteiger partial charge in [-0.3, -0.25) is 9.98 Å². The molecule has 1 aromatic rings. The molecule has 2 heterocycles. The van der Waals surface area contributed by atoms with Crippen LogP contribution in [0.5, 0.6) is 0 Å². The Morgan fingerprint density at radius 3 is 3.11 bits per heavy atom. The van der Waals surface area contributed by atoms with Crippen molar-refractivity contribution in [1.29, 1.82) is 0 Å². The molecule has 0 aromatic carbocycles. The van der Waals surface area contributed by atoms with Gasteiger partial charge in [0, 0.05) is 24.5 Å². The van der Waals surface area contributed by atoms with Gasteiger partial charge in [-0.2, -0.15) is 5.10 Å². The second kappa shape index (κ2) is 5.50. The summed E-state index contributed by atoms with van der Waals surface area (Å²) in [6.45, 7) is 3.74. The van der Waals surface area contributed by atoms with E-state index in [0.717, 1.165) is 17.2 Å². The van der Waals surface area contributed by atoms with Crippen LogP contribution < -0.4 is 10.7 Å². The topological polar surface area (TPSA) is 79.2 Å². The van der Waals surface area contributed by atoms with Crippen LogP contribution in [0.3, 0.4) is 0 Å². The largest absolute Gasteiger partial charge is 0.310 e. The molecule has 0 amide bonds. The highest BCUT2D eigenvalue weighted by atomic mass is 15.5. The quantitative estimate of drug-likeness (QED) is 0.643. The van der Waals surface area contributed by atoms with Gasteiger partial charge in [-0.25, -0.2) is 10.0 Å². The molecule has 0 aliphatic carbocycles. The number of nitrogens with two attached hydrogens (primary N) is 1. The fourth-order valence-electron chi connectivity index (χ4n) is 1.55. The normalized spacial score (nSPS) is 19.1. The summed E-state index contributed by atoms with van der Waals surface area (Å²) in [5.74, 6) is 0.824. The van der Waals surface area contributed by atoms with Crippen LogP contribution >= 0.6 is 0 Å². The second-order valence-corrected chi connectivity index (χ2v) is 4.02. The zero-order chi connectivity index (χ0) is 13.0. The molecule has 0 bridgehead atoms. The number of pyridine rings is 1. The summed E-state index contributed by atoms with van der Waals surface area (Å²) in [7, 11) is 0. The number of aryl methyl sites for hydroxylation is 1. The molecule has 0 spiro atoms. The lowest BCUT2D eigenvalue weighted by Crippen LogP contribution is -2.20. The summed E-state index contributed by atoms with van der Waals surface area (Å²) in [6, 6.07) is 3.86. The second-order valence-electron chi connectivity index (χ2n) is 4.02. The van der Waals surface area contributed by atoms with Crippen molar-refractivity contribution >= 4 is 24.1 Å². The number of amidine groups is 1. The van der Waals surface area contributed by atoms with Crippen LogP contribution in [0.2, 0.25) is 0 Å². The molecule has 6 nitrogen and oxygen atoms in total. The number of aliphatic imine (C=N–C) groups is 2. The summed E-state index contributed by atoms with van der Waals surface area (Å²) in [4.78, 5) is 12.4. The minimum Gasteiger partial charge on any atom is -0.310 e. The SMILES string of the molecule is Cc1cc(N2N=CCC2=NC=NC(C)N)ccn1. The Bertz CT molecular complexity index is 503. The first kappa shape index (κ1) is 12.4. The number of anilines is 1. The monoisotopic (exact) mass is 244 g/mol. The van der Waals surface area contributed by atoms with Gasteiger partial charge in [-0.05, 0) is 26.0 Å². The van der Waals surface area contributed by atoms with Crippen LogP contribution in [0.4, 0.5) is 5.69 Å². The van der Waals surface area contributed by atoms with Gasteiger partial charge in [0.15, 0.2) is 0 Å². The molecular formula is C12H16N6. The molecule has 1 atom stereocenters. The van der Waals surface area contributed by atoms with E-state index in [2.05, 4.69) is 20.1 Å². The Balaban J connectivity index is 2.19. The van der Waals surface area contributed by atoms with Gasteiger partial charge >= 0.3 is 0 Å². The van der Waals surface area contributed by atoms with Crippen molar-refractivity contribution in [3.63, 3.8) is 0 Å². The van der Waals surface area contributed by atoms with Crippen LogP contribution in [0.15, 0.2) is 33.4 Å². The van der Waals surface area contributed by atoms with E-state index in [9.17, 15) is 0 Å². The fourth-order valence-corrected chi connectivity index (χ4v) is 1.55. The van der Waals surface area contributed by atoms with Crippen LogP contribution in [-0.4, -0.2) is 29.5 Å². The standard InChI is InChI=1S/C12H16N6/c1-9-7-11(3-5-14-9)18-12(4-6-17-18)16-8-15-10(2)13/h3,5-8,10H,4,13H2,1-2H3. The zero-order valence-electron chi connectivity index (χ0n) is 10.5. The van der Waals surface area contributed by atoms with Gasteiger partial charge in [0.25, 0.3) is 0 Å². The van der Waals surface area contributed by atoms with Gasteiger partial charge in [-0.15, -0.1) is 0 Å². The Morgan fingerprint density at radius 2 is 2.39 bits per heavy atom. The maximum Gasteiger partial charge on any atom is 0.137 e.